The van der Waals surface area contributed by atoms with Gasteiger partial charge in [-0.25, -0.2) is 13.2 Å². The van der Waals surface area contributed by atoms with E-state index in [0.717, 1.165) is 24.9 Å². The number of nitrogens with one attached hydrogen (secondary N) is 1. The highest BCUT2D eigenvalue weighted by Gasteiger charge is 2.37. The molecule has 0 unspecified atom stereocenters. The SMILES string of the molecule is CCCC[C@@H]1CN(c2ccccc2)c2cc(OCc3cc(C(=O)OCC)n[nH]3)c(Br)cc2S(=O)(=O)N1C. The van der Waals surface area contributed by atoms with E-state index in [1.165, 1.54) is 4.31 Å². The van der Waals surface area contributed by atoms with E-state index >= 15 is 0 Å². The molecule has 9 nitrogen and oxygen atoms in total. The van der Waals surface area contributed by atoms with Gasteiger partial charge in [-0.1, -0.05) is 38.0 Å². The normalized spacial score (nSPS) is 17.2. The number of rotatable bonds is 9. The van der Waals surface area contributed by atoms with Gasteiger partial charge in [0.15, 0.2) is 5.69 Å². The monoisotopic (exact) mass is 590 g/mol. The number of nitrogens with zero attached hydrogens (tertiary/aromatic N) is 3. The van der Waals surface area contributed by atoms with Crippen LogP contribution < -0.4 is 9.64 Å². The first-order chi connectivity index (χ1) is 17.8. The zero-order valence-corrected chi connectivity index (χ0v) is 23.5. The number of para-hydroxylation sites is 1. The van der Waals surface area contributed by atoms with Gasteiger partial charge in [-0.15, -0.1) is 0 Å². The molecule has 4 rings (SSSR count). The number of ether oxygens (including phenoxy) is 2. The fourth-order valence-corrected chi connectivity index (χ4v) is 6.48. The number of hydrogen-bond acceptors (Lipinski definition) is 7. The zero-order chi connectivity index (χ0) is 26.6. The molecule has 0 radical (unpaired) electrons. The lowest BCUT2D eigenvalue weighted by atomic mass is 10.1. The number of sulfonamides is 1. The first kappa shape index (κ1) is 27.2. The van der Waals surface area contributed by atoms with Crippen LogP contribution >= 0.6 is 15.9 Å². The van der Waals surface area contributed by atoms with Crippen molar-refractivity contribution >= 4 is 43.3 Å². The highest BCUT2D eigenvalue weighted by molar-refractivity contribution is 9.10. The van der Waals surface area contributed by atoms with E-state index in [9.17, 15) is 13.2 Å². The summed E-state index contributed by atoms with van der Waals surface area (Å²) in [5.41, 5.74) is 2.20. The van der Waals surface area contributed by atoms with Crippen LogP contribution in [0.15, 0.2) is 57.9 Å². The van der Waals surface area contributed by atoms with Crippen molar-refractivity contribution in [1.29, 1.82) is 0 Å². The minimum Gasteiger partial charge on any atom is -0.486 e. The Hall–Kier alpha value is -2.89. The molecule has 0 saturated carbocycles. The molecule has 37 heavy (non-hydrogen) atoms. The molecule has 1 atom stereocenters. The fourth-order valence-electron chi connectivity index (χ4n) is 4.29. The second kappa shape index (κ2) is 11.7. The number of anilines is 2. The summed E-state index contributed by atoms with van der Waals surface area (Å²) in [6.07, 6.45) is 2.67. The van der Waals surface area contributed by atoms with Crippen LogP contribution in [0.3, 0.4) is 0 Å². The summed E-state index contributed by atoms with van der Waals surface area (Å²) >= 11 is 3.50. The highest BCUT2D eigenvalue weighted by atomic mass is 79.9. The number of likely N-dealkylation sites (N-methyl/N-ethyl adjacent to an activating group) is 1. The Labute approximate surface area is 225 Å². The molecule has 1 aliphatic rings. The molecule has 1 N–H and O–H groups in total. The average Bonchev–Trinajstić information content (AvgIpc) is 3.35. The Balaban J connectivity index is 1.71. The topological polar surface area (TPSA) is 105 Å². The van der Waals surface area contributed by atoms with E-state index in [1.54, 1.807) is 32.2 Å². The first-order valence-corrected chi connectivity index (χ1v) is 14.5. The maximum absolute atomic E-state index is 13.7. The van der Waals surface area contributed by atoms with Crippen molar-refractivity contribution in [3.05, 3.63) is 64.4 Å². The Morgan fingerprint density at radius 2 is 1.95 bits per heavy atom. The summed E-state index contributed by atoms with van der Waals surface area (Å²) < 4.78 is 40.5. The first-order valence-electron chi connectivity index (χ1n) is 12.2. The Morgan fingerprint density at radius 3 is 2.65 bits per heavy atom. The molecule has 0 saturated heterocycles. The van der Waals surface area contributed by atoms with Gasteiger partial charge < -0.3 is 14.4 Å². The van der Waals surface area contributed by atoms with Crippen molar-refractivity contribution in [1.82, 2.24) is 14.5 Å². The number of aromatic nitrogens is 2. The summed E-state index contributed by atoms with van der Waals surface area (Å²) in [5.74, 6) is -0.0431. The second-order valence-corrected chi connectivity index (χ2v) is 11.6. The molecular formula is C26H31BrN4O5S. The van der Waals surface area contributed by atoms with Crippen molar-refractivity contribution in [3.8, 4) is 5.75 Å². The smallest absolute Gasteiger partial charge is 0.358 e. The number of carbonyl (C=O) groups excluding carboxylic acids is 1. The number of benzene rings is 2. The van der Waals surface area contributed by atoms with Gasteiger partial charge in [0.1, 0.15) is 17.3 Å². The summed E-state index contributed by atoms with van der Waals surface area (Å²) in [6, 6.07) is 14.5. The molecule has 0 amide bonds. The van der Waals surface area contributed by atoms with Crippen molar-refractivity contribution in [2.45, 2.75) is 50.7 Å². The molecule has 0 aliphatic carbocycles. The molecule has 2 heterocycles. The number of esters is 1. The highest BCUT2D eigenvalue weighted by Crippen LogP contribution is 2.43. The molecule has 2 aromatic carbocycles. The third-order valence-corrected chi connectivity index (χ3v) is 8.89. The van der Waals surface area contributed by atoms with Crippen molar-refractivity contribution in [2.24, 2.45) is 0 Å². The quantitative estimate of drug-likeness (QED) is 0.339. The Morgan fingerprint density at radius 1 is 1.19 bits per heavy atom. The number of unbranched alkanes of at least 4 members (excludes halogenated alkanes) is 1. The number of fused-ring (bicyclic) bond motifs is 1. The van der Waals surface area contributed by atoms with E-state index in [1.807, 2.05) is 35.2 Å². The van der Waals surface area contributed by atoms with Crippen LogP contribution in [0.25, 0.3) is 0 Å². The van der Waals surface area contributed by atoms with Crippen LogP contribution in [0.4, 0.5) is 11.4 Å². The van der Waals surface area contributed by atoms with E-state index in [0.29, 0.717) is 28.1 Å². The van der Waals surface area contributed by atoms with Crippen LogP contribution in [0.2, 0.25) is 0 Å². The number of aromatic amines is 1. The standard InChI is InChI=1S/C26H31BrN4O5S/c1-4-6-10-20-16-31(19-11-8-7-9-12-19)23-15-24(21(27)14-25(23)37(33,34)30(20)3)36-17-18-13-22(29-28-18)26(32)35-5-2/h7-9,11-15,20H,4-6,10,16-17H2,1-3H3,(H,28,29)/t20-/m1/s1. The predicted molar refractivity (Wildman–Crippen MR) is 145 cm³/mol. The zero-order valence-electron chi connectivity index (χ0n) is 21.1. The number of H-pyrrole nitrogens is 1. The molecule has 0 fully saturated rings. The van der Waals surface area contributed by atoms with Gasteiger partial charge in [-0.05, 0) is 53.5 Å². The number of hydrogen-bond donors (Lipinski definition) is 1. The molecule has 11 heteroatoms. The van der Waals surface area contributed by atoms with Gasteiger partial charge >= 0.3 is 5.97 Å². The van der Waals surface area contributed by atoms with Crippen LogP contribution in [0, 0.1) is 0 Å². The van der Waals surface area contributed by atoms with E-state index < -0.39 is 16.0 Å². The summed E-state index contributed by atoms with van der Waals surface area (Å²) in [4.78, 5) is 14.2. The lowest BCUT2D eigenvalue weighted by molar-refractivity contribution is 0.0519. The molecule has 1 aliphatic heterocycles. The van der Waals surface area contributed by atoms with Crippen LogP contribution in [0.1, 0.15) is 49.3 Å². The number of halogens is 1. The Kier molecular flexibility index (Phi) is 8.56. The van der Waals surface area contributed by atoms with E-state index in [-0.39, 0.29) is 29.8 Å². The van der Waals surface area contributed by atoms with Crippen LogP contribution in [0.5, 0.6) is 5.75 Å². The predicted octanol–water partition coefficient (Wildman–Crippen LogP) is 5.26. The molecule has 0 bridgehead atoms. The maximum Gasteiger partial charge on any atom is 0.358 e. The molecule has 1 aromatic heterocycles. The third-order valence-electron chi connectivity index (χ3n) is 6.33. The minimum atomic E-state index is -3.76. The lowest BCUT2D eigenvalue weighted by Gasteiger charge is -2.29. The van der Waals surface area contributed by atoms with E-state index in [4.69, 9.17) is 9.47 Å². The molecule has 3 aromatic rings. The fraction of sp³-hybridized carbons (Fsp3) is 0.385. The van der Waals surface area contributed by atoms with Gasteiger partial charge in [0.05, 0.1) is 22.5 Å². The average molecular weight is 592 g/mol. The van der Waals surface area contributed by atoms with Crippen molar-refractivity contribution in [2.75, 3.05) is 25.1 Å². The maximum atomic E-state index is 13.7. The molecule has 198 valence electrons. The van der Waals surface area contributed by atoms with Crippen LogP contribution in [-0.2, 0) is 21.4 Å². The van der Waals surface area contributed by atoms with Gasteiger partial charge in [0.25, 0.3) is 0 Å². The van der Waals surface area contributed by atoms with Gasteiger partial charge in [0, 0.05) is 31.4 Å². The summed E-state index contributed by atoms with van der Waals surface area (Å²) in [5, 5.41) is 6.76. The molecular weight excluding hydrogens is 560 g/mol. The molecule has 0 spiro atoms. The van der Waals surface area contributed by atoms with Gasteiger partial charge in [-0.2, -0.15) is 9.40 Å². The Bertz CT molecular complexity index is 1350. The second-order valence-electron chi connectivity index (χ2n) is 8.80. The van der Waals surface area contributed by atoms with Gasteiger partial charge in [-0.3, -0.25) is 5.10 Å². The summed E-state index contributed by atoms with van der Waals surface area (Å²) in [6.45, 7) is 4.70. The van der Waals surface area contributed by atoms with Crippen molar-refractivity contribution in [3.63, 3.8) is 0 Å². The van der Waals surface area contributed by atoms with E-state index in [2.05, 4.69) is 33.1 Å². The number of carbonyl (C=O) groups is 1. The summed E-state index contributed by atoms with van der Waals surface area (Å²) in [7, 11) is -2.10. The van der Waals surface area contributed by atoms with Gasteiger partial charge in [0.2, 0.25) is 10.0 Å². The lowest BCUT2D eigenvalue weighted by Crippen LogP contribution is -2.40. The third kappa shape index (κ3) is 5.83. The minimum absolute atomic E-state index is 0.0981. The van der Waals surface area contributed by atoms with Crippen molar-refractivity contribution < 1.29 is 22.7 Å². The van der Waals surface area contributed by atoms with Crippen LogP contribution in [-0.4, -0.2) is 55.1 Å². The largest absolute Gasteiger partial charge is 0.486 e.